The quantitative estimate of drug-likeness (QED) is 0.582. The van der Waals surface area contributed by atoms with Gasteiger partial charge in [-0.3, -0.25) is 4.79 Å². The van der Waals surface area contributed by atoms with Crippen LogP contribution in [-0.4, -0.2) is 24.4 Å². The second-order valence-corrected chi connectivity index (χ2v) is 3.07. The molecule has 0 saturated heterocycles. The Morgan fingerprint density at radius 2 is 2.33 bits per heavy atom. The first kappa shape index (κ1) is 11.1. The average molecular weight is 206 g/mol. The highest BCUT2D eigenvalue weighted by atomic mass is 19.1. The summed E-state index contributed by atoms with van der Waals surface area (Å²) >= 11 is 0. The molecule has 0 aliphatic heterocycles. The summed E-state index contributed by atoms with van der Waals surface area (Å²) in [6.07, 6.45) is 5.06. The molecule has 0 atom stereocenters. The number of para-hydroxylation sites is 1. The van der Waals surface area contributed by atoms with Crippen molar-refractivity contribution in [2.75, 3.05) is 19.3 Å². The largest absolute Gasteiger partial charge is 0.396 e. The first-order chi connectivity index (χ1) is 7.07. The van der Waals surface area contributed by atoms with Crippen molar-refractivity contribution in [3.8, 4) is 12.3 Å². The monoisotopic (exact) mass is 206 g/mol. The fourth-order valence-electron chi connectivity index (χ4n) is 1.14. The van der Waals surface area contributed by atoms with Crippen molar-refractivity contribution in [1.82, 2.24) is 4.90 Å². The highest BCUT2D eigenvalue weighted by Gasteiger charge is 2.15. The van der Waals surface area contributed by atoms with Gasteiger partial charge >= 0.3 is 0 Å². The lowest BCUT2D eigenvalue weighted by Crippen LogP contribution is -2.27. The lowest BCUT2D eigenvalue weighted by Gasteiger charge is -2.15. The predicted molar refractivity (Wildman–Crippen MR) is 56.6 cm³/mol. The van der Waals surface area contributed by atoms with Gasteiger partial charge in [0.05, 0.1) is 17.8 Å². The van der Waals surface area contributed by atoms with Crippen molar-refractivity contribution < 1.29 is 9.18 Å². The zero-order valence-corrected chi connectivity index (χ0v) is 8.33. The summed E-state index contributed by atoms with van der Waals surface area (Å²) in [6.45, 7) is 0.161. The highest BCUT2D eigenvalue weighted by molar-refractivity contribution is 5.99. The number of halogens is 1. The Hall–Kier alpha value is -2.02. The molecule has 78 valence electrons. The van der Waals surface area contributed by atoms with E-state index in [1.807, 2.05) is 0 Å². The molecule has 0 aromatic heterocycles. The number of nitrogens with zero attached hydrogens (tertiary/aromatic N) is 1. The summed E-state index contributed by atoms with van der Waals surface area (Å²) in [5.41, 5.74) is 5.43. The van der Waals surface area contributed by atoms with Crippen molar-refractivity contribution in [1.29, 1.82) is 0 Å². The third-order valence-corrected chi connectivity index (χ3v) is 1.96. The Morgan fingerprint density at radius 1 is 1.67 bits per heavy atom. The molecule has 3 nitrogen and oxygen atoms in total. The van der Waals surface area contributed by atoms with Crippen LogP contribution in [0.1, 0.15) is 10.4 Å². The van der Waals surface area contributed by atoms with Crippen LogP contribution in [-0.2, 0) is 0 Å². The maximum absolute atomic E-state index is 13.1. The molecule has 0 fully saturated rings. The first-order valence-corrected chi connectivity index (χ1v) is 4.31. The van der Waals surface area contributed by atoms with Gasteiger partial charge in [-0.25, -0.2) is 4.39 Å². The van der Waals surface area contributed by atoms with Gasteiger partial charge in [0, 0.05) is 7.05 Å². The number of terminal acetylenes is 1. The first-order valence-electron chi connectivity index (χ1n) is 4.31. The molecule has 15 heavy (non-hydrogen) atoms. The maximum atomic E-state index is 13.1. The third-order valence-electron chi connectivity index (χ3n) is 1.96. The third kappa shape index (κ3) is 2.26. The van der Waals surface area contributed by atoms with Crippen molar-refractivity contribution in [3.63, 3.8) is 0 Å². The number of nitrogen functional groups attached to an aromatic ring is 1. The van der Waals surface area contributed by atoms with Gasteiger partial charge in [-0.15, -0.1) is 6.42 Å². The number of nitrogens with two attached hydrogens (primary N) is 1. The van der Waals surface area contributed by atoms with Crippen LogP contribution in [0.5, 0.6) is 0 Å². The lowest BCUT2D eigenvalue weighted by atomic mass is 10.1. The molecule has 0 spiro atoms. The number of amides is 1. The molecule has 0 unspecified atom stereocenters. The zero-order valence-electron chi connectivity index (χ0n) is 8.33. The second kappa shape index (κ2) is 4.47. The van der Waals surface area contributed by atoms with Gasteiger partial charge in [-0.1, -0.05) is 12.0 Å². The van der Waals surface area contributed by atoms with E-state index in [1.54, 1.807) is 0 Å². The smallest absolute Gasteiger partial charge is 0.256 e. The van der Waals surface area contributed by atoms with Crippen LogP contribution in [0.15, 0.2) is 18.2 Å². The molecule has 1 aromatic rings. The number of hydrogen-bond acceptors (Lipinski definition) is 2. The van der Waals surface area contributed by atoms with Gasteiger partial charge in [-0.05, 0) is 12.1 Å². The molecular weight excluding hydrogens is 195 g/mol. The van der Waals surface area contributed by atoms with Crippen molar-refractivity contribution in [2.24, 2.45) is 0 Å². The van der Waals surface area contributed by atoms with Crippen LogP contribution >= 0.6 is 0 Å². The van der Waals surface area contributed by atoms with Crippen LogP contribution in [0, 0.1) is 18.2 Å². The van der Waals surface area contributed by atoms with E-state index in [-0.39, 0.29) is 23.7 Å². The number of benzene rings is 1. The average Bonchev–Trinajstić information content (AvgIpc) is 2.21. The van der Waals surface area contributed by atoms with Gasteiger partial charge < -0.3 is 10.6 Å². The molecule has 4 heteroatoms. The van der Waals surface area contributed by atoms with Crippen LogP contribution in [0.4, 0.5) is 10.1 Å². The van der Waals surface area contributed by atoms with Crippen LogP contribution in [0.25, 0.3) is 0 Å². The van der Waals surface area contributed by atoms with Crippen molar-refractivity contribution in [2.45, 2.75) is 0 Å². The molecule has 0 saturated carbocycles. The minimum atomic E-state index is -0.602. The minimum absolute atomic E-state index is 0.132. The number of hydrogen-bond donors (Lipinski definition) is 1. The summed E-state index contributed by atoms with van der Waals surface area (Å²) in [5, 5.41) is 0. The Kier molecular flexibility index (Phi) is 3.29. The van der Waals surface area contributed by atoms with E-state index in [1.165, 1.54) is 30.1 Å². The van der Waals surface area contributed by atoms with E-state index in [0.717, 1.165) is 0 Å². The lowest BCUT2D eigenvalue weighted by molar-refractivity contribution is 0.0813. The minimum Gasteiger partial charge on any atom is -0.396 e. The molecular formula is C11H11FN2O. The summed E-state index contributed by atoms with van der Waals surface area (Å²) < 4.78 is 13.1. The summed E-state index contributed by atoms with van der Waals surface area (Å²) in [4.78, 5) is 13.0. The SMILES string of the molecule is C#CCN(C)C(=O)c1cccc(F)c1N. The Morgan fingerprint density at radius 3 is 2.93 bits per heavy atom. The van der Waals surface area contributed by atoms with Crippen LogP contribution in [0.3, 0.4) is 0 Å². The van der Waals surface area contributed by atoms with Crippen molar-refractivity contribution in [3.05, 3.63) is 29.6 Å². The molecule has 0 heterocycles. The van der Waals surface area contributed by atoms with E-state index in [9.17, 15) is 9.18 Å². The van der Waals surface area contributed by atoms with Gasteiger partial charge in [0.1, 0.15) is 5.82 Å². The summed E-state index contributed by atoms with van der Waals surface area (Å²) in [5.74, 6) is 1.34. The van der Waals surface area contributed by atoms with Gasteiger partial charge in [0.25, 0.3) is 5.91 Å². The van der Waals surface area contributed by atoms with E-state index >= 15 is 0 Å². The molecule has 1 rings (SSSR count). The molecule has 0 aliphatic carbocycles. The number of rotatable bonds is 2. The zero-order chi connectivity index (χ0) is 11.4. The molecule has 0 aliphatic rings. The summed E-state index contributed by atoms with van der Waals surface area (Å²) in [7, 11) is 1.53. The number of anilines is 1. The van der Waals surface area contributed by atoms with E-state index in [2.05, 4.69) is 5.92 Å². The fraction of sp³-hybridized carbons (Fsp3) is 0.182. The van der Waals surface area contributed by atoms with Crippen molar-refractivity contribution >= 4 is 11.6 Å². The Labute approximate surface area is 87.7 Å². The van der Waals surface area contributed by atoms with Gasteiger partial charge in [0.15, 0.2) is 0 Å². The van der Waals surface area contributed by atoms with E-state index in [0.29, 0.717) is 0 Å². The Bertz CT molecular complexity index is 423. The standard InChI is InChI=1S/C11H11FN2O/c1-3-7-14(2)11(15)8-5-4-6-9(12)10(8)13/h1,4-6H,7,13H2,2H3. The predicted octanol–water partition coefficient (Wildman–Crippen LogP) is 1.11. The molecule has 2 N–H and O–H groups in total. The summed E-state index contributed by atoms with van der Waals surface area (Å²) in [6, 6.07) is 4.10. The normalized spacial score (nSPS) is 9.40. The molecule has 1 aromatic carbocycles. The van der Waals surface area contributed by atoms with E-state index < -0.39 is 5.82 Å². The fourth-order valence-corrected chi connectivity index (χ4v) is 1.14. The Balaban J connectivity index is 3.02. The van der Waals surface area contributed by atoms with Crippen LogP contribution < -0.4 is 5.73 Å². The maximum Gasteiger partial charge on any atom is 0.256 e. The van der Waals surface area contributed by atoms with Gasteiger partial charge in [-0.2, -0.15) is 0 Å². The second-order valence-electron chi connectivity index (χ2n) is 3.07. The topological polar surface area (TPSA) is 46.3 Å². The highest BCUT2D eigenvalue weighted by Crippen LogP contribution is 2.17. The number of carbonyl (C=O) groups is 1. The van der Waals surface area contributed by atoms with Gasteiger partial charge in [0.2, 0.25) is 0 Å². The molecule has 0 radical (unpaired) electrons. The number of carbonyl (C=O) groups excluding carboxylic acids is 1. The van der Waals surface area contributed by atoms with Crippen LogP contribution in [0.2, 0.25) is 0 Å². The molecule has 0 bridgehead atoms. The molecule has 1 amide bonds. The van der Waals surface area contributed by atoms with E-state index in [4.69, 9.17) is 12.2 Å².